The molecule has 144 valence electrons. The number of fused-ring (bicyclic) bond motifs is 4. The number of nitrogens with one attached hydrogen (secondary N) is 1. The molecule has 28 heavy (non-hydrogen) atoms. The first-order valence-electron chi connectivity index (χ1n) is 9.45. The van der Waals surface area contributed by atoms with Crippen LogP contribution in [0.5, 0.6) is 11.5 Å². The molecule has 3 heterocycles. The van der Waals surface area contributed by atoms with E-state index in [1.807, 2.05) is 30.3 Å². The van der Waals surface area contributed by atoms with Gasteiger partial charge < -0.3 is 19.2 Å². The summed E-state index contributed by atoms with van der Waals surface area (Å²) >= 11 is 0. The quantitative estimate of drug-likeness (QED) is 0.710. The van der Waals surface area contributed by atoms with Gasteiger partial charge in [0.15, 0.2) is 11.5 Å². The maximum Gasteiger partial charge on any atom is 0.323 e. The lowest BCUT2D eigenvalue weighted by Crippen LogP contribution is -2.54. The zero-order chi connectivity index (χ0) is 19.3. The van der Waals surface area contributed by atoms with Gasteiger partial charge in [0, 0.05) is 29.6 Å². The lowest BCUT2D eigenvalue weighted by atomic mass is 9.87. The van der Waals surface area contributed by atoms with Crippen molar-refractivity contribution in [1.29, 1.82) is 0 Å². The fourth-order valence-corrected chi connectivity index (χ4v) is 4.56. The number of H-pyrrole nitrogens is 1. The number of hydrogen-bond donors (Lipinski definition) is 1. The predicted molar refractivity (Wildman–Crippen MR) is 105 cm³/mol. The van der Waals surface area contributed by atoms with E-state index in [1.165, 1.54) is 10.9 Å². The van der Waals surface area contributed by atoms with E-state index < -0.39 is 0 Å². The van der Waals surface area contributed by atoms with E-state index in [-0.39, 0.29) is 18.1 Å². The minimum absolute atomic E-state index is 0.0752. The third kappa shape index (κ3) is 2.48. The first-order chi connectivity index (χ1) is 13.7. The van der Waals surface area contributed by atoms with Crippen molar-refractivity contribution in [3.63, 3.8) is 0 Å². The Kier molecular flexibility index (Phi) is 4.02. The van der Waals surface area contributed by atoms with Crippen molar-refractivity contribution in [2.45, 2.75) is 18.5 Å². The molecule has 0 radical (unpaired) electrons. The van der Waals surface area contributed by atoms with Crippen LogP contribution in [0.2, 0.25) is 0 Å². The Bertz CT molecular complexity index is 1060. The average molecular weight is 378 g/mol. The minimum Gasteiger partial charge on any atom is -0.493 e. The summed E-state index contributed by atoms with van der Waals surface area (Å²) in [7, 11) is 3.27. The zero-order valence-corrected chi connectivity index (χ0v) is 15.9. The number of para-hydroxylation sites is 1. The van der Waals surface area contributed by atoms with Crippen molar-refractivity contribution in [3.05, 3.63) is 59.3 Å². The fraction of sp³-hybridized carbons (Fsp3) is 0.318. The van der Waals surface area contributed by atoms with Crippen LogP contribution in [-0.4, -0.2) is 49.3 Å². The van der Waals surface area contributed by atoms with Crippen LogP contribution in [0, 0.1) is 0 Å². The van der Waals surface area contributed by atoms with Crippen LogP contribution in [-0.2, 0) is 16.0 Å². The maximum atomic E-state index is 12.6. The molecular weight excluding hydrogens is 356 g/mol. The number of ether oxygens (including phenoxy) is 3. The number of esters is 1. The summed E-state index contributed by atoms with van der Waals surface area (Å²) in [6.07, 6.45) is 0.655. The van der Waals surface area contributed by atoms with Crippen molar-refractivity contribution in [3.8, 4) is 11.5 Å². The average Bonchev–Trinajstić information content (AvgIpc) is 3.10. The topological polar surface area (TPSA) is 63.8 Å². The highest BCUT2D eigenvalue weighted by atomic mass is 16.5. The molecule has 2 aliphatic rings. The van der Waals surface area contributed by atoms with Crippen LogP contribution in [0.15, 0.2) is 42.5 Å². The minimum atomic E-state index is -0.279. The van der Waals surface area contributed by atoms with E-state index in [1.54, 1.807) is 14.2 Å². The normalized spacial score (nSPS) is 21.7. The van der Waals surface area contributed by atoms with E-state index in [0.29, 0.717) is 31.1 Å². The molecule has 3 aromatic rings. The van der Waals surface area contributed by atoms with Crippen LogP contribution >= 0.6 is 0 Å². The second-order valence-electron chi connectivity index (χ2n) is 7.21. The van der Waals surface area contributed by atoms with Gasteiger partial charge in [0.2, 0.25) is 0 Å². The van der Waals surface area contributed by atoms with Crippen molar-refractivity contribution in [1.82, 2.24) is 9.88 Å². The van der Waals surface area contributed by atoms with Crippen LogP contribution in [0.4, 0.5) is 0 Å². The summed E-state index contributed by atoms with van der Waals surface area (Å²) in [5, 5.41) is 1.17. The van der Waals surface area contributed by atoms with Gasteiger partial charge in [0.1, 0.15) is 12.6 Å². The van der Waals surface area contributed by atoms with Crippen LogP contribution in [0.25, 0.3) is 10.9 Å². The molecule has 0 aliphatic carbocycles. The molecule has 2 aliphatic heterocycles. The molecule has 0 spiro atoms. The molecule has 6 nitrogen and oxygen atoms in total. The Labute approximate surface area is 163 Å². The molecule has 0 saturated carbocycles. The molecule has 1 N–H and O–H groups in total. The van der Waals surface area contributed by atoms with Crippen LogP contribution in [0.1, 0.15) is 22.9 Å². The Morgan fingerprint density at radius 1 is 1.11 bits per heavy atom. The molecular formula is C22H22N2O4. The smallest absolute Gasteiger partial charge is 0.323 e. The van der Waals surface area contributed by atoms with E-state index in [9.17, 15) is 4.79 Å². The van der Waals surface area contributed by atoms with Crippen molar-refractivity contribution >= 4 is 16.9 Å². The second kappa shape index (κ2) is 6.56. The first kappa shape index (κ1) is 17.1. The number of rotatable bonds is 3. The molecule has 6 heteroatoms. The predicted octanol–water partition coefficient (Wildman–Crippen LogP) is 3.06. The van der Waals surface area contributed by atoms with Gasteiger partial charge in [-0.3, -0.25) is 9.69 Å². The molecule has 2 aromatic carbocycles. The van der Waals surface area contributed by atoms with Crippen molar-refractivity contribution < 1.29 is 19.0 Å². The Hall–Kier alpha value is -2.99. The van der Waals surface area contributed by atoms with E-state index in [4.69, 9.17) is 14.2 Å². The summed E-state index contributed by atoms with van der Waals surface area (Å²) in [6, 6.07) is 13.9. The highest BCUT2D eigenvalue weighted by Gasteiger charge is 2.43. The zero-order valence-electron chi connectivity index (χ0n) is 15.9. The second-order valence-corrected chi connectivity index (χ2v) is 7.21. The molecule has 1 fully saturated rings. The number of carbonyl (C=O) groups is 1. The summed E-state index contributed by atoms with van der Waals surface area (Å²) in [4.78, 5) is 18.4. The van der Waals surface area contributed by atoms with Gasteiger partial charge >= 0.3 is 5.97 Å². The van der Waals surface area contributed by atoms with Gasteiger partial charge in [-0.1, -0.05) is 24.3 Å². The van der Waals surface area contributed by atoms with Gasteiger partial charge in [0.25, 0.3) is 0 Å². The summed E-state index contributed by atoms with van der Waals surface area (Å²) in [5.74, 6) is 1.22. The lowest BCUT2D eigenvalue weighted by Gasteiger charge is -2.43. The molecule has 0 unspecified atom stereocenters. The number of hydrogen-bond acceptors (Lipinski definition) is 5. The van der Waals surface area contributed by atoms with Gasteiger partial charge in [0.05, 0.1) is 20.3 Å². The Morgan fingerprint density at radius 3 is 2.75 bits per heavy atom. The highest BCUT2D eigenvalue weighted by molar-refractivity contribution is 5.87. The highest BCUT2D eigenvalue weighted by Crippen LogP contribution is 2.43. The number of cyclic esters (lactones) is 1. The molecule has 0 bridgehead atoms. The maximum absolute atomic E-state index is 12.6. The largest absolute Gasteiger partial charge is 0.493 e. The molecule has 5 rings (SSSR count). The standard InChI is InChI=1S/C22H22N2O4/c1-26-18-8-7-13(11-19(18)27-2)21-20-15(14-5-3-4-6-16(14)23-20)12-17-22(25)28-10-9-24(17)21/h3-8,11,17,21,23H,9-10,12H2,1-2H3/t17-,21-/m1/s1. The fourth-order valence-electron chi connectivity index (χ4n) is 4.56. The number of nitrogens with zero attached hydrogens (tertiary/aromatic N) is 1. The SMILES string of the molecule is COc1ccc([C@@H]2c3[nH]c4ccccc4c3C[C@@H]3C(=O)OCCN23)cc1OC. The molecule has 1 saturated heterocycles. The van der Waals surface area contributed by atoms with Crippen molar-refractivity contribution in [2.75, 3.05) is 27.4 Å². The van der Waals surface area contributed by atoms with E-state index in [0.717, 1.165) is 16.8 Å². The monoisotopic (exact) mass is 378 g/mol. The lowest BCUT2D eigenvalue weighted by molar-refractivity contribution is -0.159. The summed E-state index contributed by atoms with van der Waals surface area (Å²) < 4.78 is 16.3. The number of methoxy groups -OCH3 is 2. The number of carbonyl (C=O) groups excluding carboxylic acids is 1. The number of morpholine rings is 1. The molecule has 0 amide bonds. The third-order valence-corrected chi connectivity index (χ3v) is 5.84. The van der Waals surface area contributed by atoms with E-state index in [2.05, 4.69) is 22.0 Å². The summed E-state index contributed by atoms with van der Waals surface area (Å²) in [5.41, 5.74) is 4.48. The van der Waals surface area contributed by atoms with Crippen molar-refractivity contribution in [2.24, 2.45) is 0 Å². The first-order valence-corrected chi connectivity index (χ1v) is 9.45. The molecule has 2 atom stereocenters. The Morgan fingerprint density at radius 2 is 1.93 bits per heavy atom. The number of benzene rings is 2. The number of aromatic amines is 1. The summed E-state index contributed by atoms with van der Waals surface area (Å²) in [6.45, 7) is 1.11. The Balaban J connectivity index is 1.72. The van der Waals surface area contributed by atoms with E-state index >= 15 is 0 Å². The van der Waals surface area contributed by atoms with Gasteiger partial charge in [-0.2, -0.15) is 0 Å². The van der Waals surface area contributed by atoms with Gasteiger partial charge in [-0.05, 0) is 29.3 Å². The van der Waals surface area contributed by atoms with Crippen LogP contribution < -0.4 is 9.47 Å². The van der Waals surface area contributed by atoms with Gasteiger partial charge in [-0.25, -0.2) is 0 Å². The third-order valence-electron chi connectivity index (χ3n) is 5.84. The number of aromatic nitrogens is 1. The van der Waals surface area contributed by atoms with Gasteiger partial charge in [-0.15, -0.1) is 0 Å². The van der Waals surface area contributed by atoms with Crippen LogP contribution in [0.3, 0.4) is 0 Å². The molecule has 1 aromatic heterocycles.